The molecule has 0 amide bonds. The highest BCUT2D eigenvalue weighted by Crippen LogP contribution is 1.96. The normalized spacial score (nSPS) is 8.09. The first-order chi connectivity index (χ1) is 5.31. The van der Waals surface area contributed by atoms with E-state index in [4.69, 9.17) is 0 Å². The average Bonchev–Trinajstić information content (AvgIpc) is 2.04. The summed E-state index contributed by atoms with van der Waals surface area (Å²) in [6, 6.07) is 0. The molecule has 0 saturated carbocycles. The third-order valence-corrected chi connectivity index (χ3v) is 1.30. The van der Waals surface area contributed by atoms with E-state index in [2.05, 4.69) is 25.3 Å². The summed E-state index contributed by atoms with van der Waals surface area (Å²) in [5, 5.41) is 0. The van der Waals surface area contributed by atoms with E-state index in [1.807, 2.05) is 0 Å². The van der Waals surface area contributed by atoms with E-state index >= 15 is 0 Å². The Balaban J connectivity index is 3.40. The SMILES string of the molecule is C=CC(=O)C#CCCCCC. The second-order valence-corrected chi connectivity index (χ2v) is 2.33. The molecule has 0 spiro atoms. The minimum Gasteiger partial charge on any atom is -0.280 e. The van der Waals surface area contributed by atoms with Gasteiger partial charge in [0.1, 0.15) is 0 Å². The lowest BCUT2D eigenvalue weighted by molar-refractivity contribution is -0.109. The minimum atomic E-state index is -0.179. The Labute approximate surface area is 68.5 Å². The molecule has 0 aliphatic heterocycles. The molecule has 0 aliphatic carbocycles. The van der Waals surface area contributed by atoms with Gasteiger partial charge in [0, 0.05) is 6.42 Å². The first kappa shape index (κ1) is 9.97. The summed E-state index contributed by atoms with van der Waals surface area (Å²) < 4.78 is 0. The van der Waals surface area contributed by atoms with Gasteiger partial charge in [0.25, 0.3) is 0 Å². The maximum atomic E-state index is 10.6. The van der Waals surface area contributed by atoms with Crippen LogP contribution in [0.2, 0.25) is 0 Å². The van der Waals surface area contributed by atoms with Gasteiger partial charge in [-0.15, -0.1) is 0 Å². The molecule has 60 valence electrons. The van der Waals surface area contributed by atoms with Gasteiger partial charge >= 0.3 is 0 Å². The molecule has 0 aromatic rings. The highest BCUT2D eigenvalue weighted by atomic mass is 16.1. The lowest BCUT2D eigenvalue weighted by Gasteiger charge is -1.87. The molecule has 0 aliphatic rings. The van der Waals surface area contributed by atoms with E-state index in [9.17, 15) is 4.79 Å². The summed E-state index contributed by atoms with van der Waals surface area (Å²) in [5.74, 6) is 5.11. The average molecular weight is 150 g/mol. The third kappa shape index (κ3) is 6.86. The van der Waals surface area contributed by atoms with E-state index < -0.39 is 0 Å². The smallest absolute Gasteiger partial charge is 0.228 e. The topological polar surface area (TPSA) is 17.1 Å². The Hall–Kier alpha value is -1.03. The fourth-order valence-electron chi connectivity index (χ4n) is 0.664. The minimum absolute atomic E-state index is 0.179. The summed E-state index contributed by atoms with van der Waals surface area (Å²) in [5.41, 5.74) is 0. The van der Waals surface area contributed by atoms with Gasteiger partial charge in [-0.05, 0) is 18.4 Å². The lowest BCUT2D eigenvalue weighted by atomic mass is 10.2. The number of carbonyl (C=O) groups excluding carboxylic acids is 1. The maximum Gasteiger partial charge on any atom is 0.228 e. The summed E-state index contributed by atoms with van der Waals surface area (Å²) in [4.78, 5) is 10.6. The molecule has 0 aromatic heterocycles. The Morgan fingerprint density at radius 2 is 2.27 bits per heavy atom. The molecule has 0 N–H and O–H groups in total. The van der Waals surface area contributed by atoms with Crippen molar-refractivity contribution in [2.45, 2.75) is 32.6 Å². The molecule has 0 atom stereocenters. The van der Waals surface area contributed by atoms with E-state index in [1.165, 1.54) is 18.9 Å². The van der Waals surface area contributed by atoms with Crippen molar-refractivity contribution in [3.8, 4) is 11.8 Å². The van der Waals surface area contributed by atoms with Crippen LogP contribution in [-0.2, 0) is 4.79 Å². The molecule has 1 heteroatoms. The number of rotatable bonds is 4. The molecule has 0 rings (SSSR count). The molecule has 0 radical (unpaired) electrons. The number of hydrogen-bond donors (Lipinski definition) is 0. The van der Waals surface area contributed by atoms with Crippen molar-refractivity contribution in [3.05, 3.63) is 12.7 Å². The van der Waals surface area contributed by atoms with Crippen molar-refractivity contribution >= 4 is 5.78 Å². The zero-order chi connectivity index (χ0) is 8.53. The van der Waals surface area contributed by atoms with Crippen LogP contribution >= 0.6 is 0 Å². The predicted molar refractivity (Wildman–Crippen MR) is 47.1 cm³/mol. The maximum absolute atomic E-state index is 10.6. The van der Waals surface area contributed by atoms with Crippen molar-refractivity contribution in [2.24, 2.45) is 0 Å². The zero-order valence-electron chi connectivity index (χ0n) is 7.02. The number of ketones is 1. The van der Waals surface area contributed by atoms with Crippen LogP contribution in [0.3, 0.4) is 0 Å². The largest absolute Gasteiger partial charge is 0.280 e. The summed E-state index contributed by atoms with van der Waals surface area (Å²) in [6.45, 7) is 5.46. The van der Waals surface area contributed by atoms with Crippen LogP contribution in [0.1, 0.15) is 32.6 Å². The van der Waals surface area contributed by atoms with Crippen LogP contribution in [0.25, 0.3) is 0 Å². The molecule has 11 heavy (non-hydrogen) atoms. The van der Waals surface area contributed by atoms with Crippen LogP contribution in [0.15, 0.2) is 12.7 Å². The van der Waals surface area contributed by atoms with Gasteiger partial charge in [0.2, 0.25) is 5.78 Å². The van der Waals surface area contributed by atoms with Gasteiger partial charge in [-0.25, -0.2) is 0 Å². The summed E-state index contributed by atoms with van der Waals surface area (Å²) >= 11 is 0. The van der Waals surface area contributed by atoms with Crippen LogP contribution in [-0.4, -0.2) is 5.78 Å². The van der Waals surface area contributed by atoms with Crippen molar-refractivity contribution in [1.82, 2.24) is 0 Å². The molecule has 0 aromatic carbocycles. The molecule has 0 heterocycles. The van der Waals surface area contributed by atoms with Gasteiger partial charge in [0.05, 0.1) is 0 Å². The summed E-state index contributed by atoms with van der Waals surface area (Å²) in [7, 11) is 0. The van der Waals surface area contributed by atoms with E-state index in [0.717, 1.165) is 12.8 Å². The molecule has 1 nitrogen and oxygen atoms in total. The van der Waals surface area contributed by atoms with E-state index in [0.29, 0.717) is 0 Å². The van der Waals surface area contributed by atoms with Gasteiger partial charge in [-0.1, -0.05) is 32.3 Å². The van der Waals surface area contributed by atoms with Crippen LogP contribution in [0.5, 0.6) is 0 Å². The quantitative estimate of drug-likeness (QED) is 0.260. The Morgan fingerprint density at radius 1 is 1.55 bits per heavy atom. The number of unbranched alkanes of at least 4 members (excludes halogenated alkanes) is 3. The van der Waals surface area contributed by atoms with Crippen molar-refractivity contribution < 1.29 is 4.79 Å². The molecule has 0 unspecified atom stereocenters. The standard InChI is InChI=1S/C10H14O/c1-3-5-6-7-8-9-10(11)4-2/h4H,2-3,5-7H2,1H3. The molecular formula is C10H14O. The molecule has 0 fully saturated rings. The van der Waals surface area contributed by atoms with Gasteiger partial charge in [0.15, 0.2) is 0 Å². The lowest BCUT2D eigenvalue weighted by Crippen LogP contribution is -1.83. The van der Waals surface area contributed by atoms with Gasteiger partial charge in [-0.3, -0.25) is 4.79 Å². The molecule has 0 bridgehead atoms. The highest BCUT2D eigenvalue weighted by Gasteiger charge is 1.83. The van der Waals surface area contributed by atoms with Crippen LogP contribution in [0, 0.1) is 11.8 Å². The predicted octanol–water partition coefficient (Wildman–Crippen LogP) is 2.33. The van der Waals surface area contributed by atoms with Crippen molar-refractivity contribution in [2.75, 3.05) is 0 Å². The first-order valence-corrected chi connectivity index (χ1v) is 3.96. The van der Waals surface area contributed by atoms with Crippen LogP contribution < -0.4 is 0 Å². The molecule has 0 saturated heterocycles. The number of carbonyl (C=O) groups is 1. The monoisotopic (exact) mass is 150 g/mol. The summed E-state index contributed by atoms with van der Waals surface area (Å²) in [6.07, 6.45) is 5.54. The van der Waals surface area contributed by atoms with Crippen molar-refractivity contribution in [1.29, 1.82) is 0 Å². The van der Waals surface area contributed by atoms with E-state index in [-0.39, 0.29) is 5.78 Å². The van der Waals surface area contributed by atoms with Gasteiger partial charge in [-0.2, -0.15) is 0 Å². The highest BCUT2D eigenvalue weighted by molar-refractivity contribution is 6.03. The Bertz CT molecular complexity index is 181. The third-order valence-electron chi connectivity index (χ3n) is 1.30. The number of allylic oxidation sites excluding steroid dienone is 1. The van der Waals surface area contributed by atoms with Crippen molar-refractivity contribution in [3.63, 3.8) is 0 Å². The van der Waals surface area contributed by atoms with Crippen LogP contribution in [0.4, 0.5) is 0 Å². The molecular weight excluding hydrogens is 136 g/mol. The fourth-order valence-corrected chi connectivity index (χ4v) is 0.664. The Morgan fingerprint density at radius 3 is 2.82 bits per heavy atom. The second kappa shape index (κ2) is 7.08. The second-order valence-electron chi connectivity index (χ2n) is 2.33. The fraction of sp³-hybridized carbons (Fsp3) is 0.500. The first-order valence-electron chi connectivity index (χ1n) is 3.96. The number of hydrogen-bond acceptors (Lipinski definition) is 1. The van der Waals surface area contributed by atoms with Gasteiger partial charge < -0.3 is 0 Å². The van der Waals surface area contributed by atoms with E-state index in [1.54, 1.807) is 0 Å². The Kier molecular flexibility index (Phi) is 6.42. The zero-order valence-corrected chi connectivity index (χ0v) is 7.02.